The lowest BCUT2D eigenvalue weighted by Crippen LogP contribution is -2.22. The fourth-order valence-corrected chi connectivity index (χ4v) is 2.46. The van der Waals surface area contributed by atoms with Gasteiger partial charge in [-0.1, -0.05) is 6.07 Å². The molecule has 0 unspecified atom stereocenters. The smallest absolute Gasteiger partial charge is 0.328 e. The van der Waals surface area contributed by atoms with Gasteiger partial charge in [0.25, 0.3) is 5.91 Å². The summed E-state index contributed by atoms with van der Waals surface area (Å²) in [4.78, 5) is 27.3. The number of carboxylic acids is 1. The highest BCUT2D eigenvalue weighted by Crippen LogP contribution is 2.18. The standard InChI is InChI=1S/C15H14N2O3S/c1-10-2-3-11(8-16-10)9-17-15(20)14-12(6-7-21-14)4-5-13(18)19/h2-8H,9H2,1H3,(H,17,20)(H,18,19). The number of nitrogens with zero attached hydrogens (tertiary/aromatic N) is 1. The maximum Gasteiger partial charge on any atom is 0.328 e. The highest BCUT2D eigenvalue weighted by molar-refractivity contribution is 7.12. The molecule has 0 atom stereocenters. The molecule has 5 nitrogen and oxygen atoms in total. The molecule has 21 heavy (non-hydrogen) atoms. The van der Waals surface area contributed by atoms with Crippen LogP contribution in [0.5, 0.6) is 0 Å². The summed E-state index contributed by atoms with van der Waals surface area (Å²) in [6.07, 6.45) is 4.15. The van der Waals surface area contributed by atoms with E-state index in [9.17, 15) is 9.59 Å². The molecule has 0 bridgehead atoms. The highest BCUT2D eigenvalue weighted by atomic mass is 32.1. The number of aryl methyl sites for hydroxylation is 1. The van der Waals surface area contributed by atoms with Gasteiger partial charge in [0.2, 0.25) is 0 Å². The minimum Gasteiger partial charge on any atom is -0.478 e. The number of carboxylic acid groups (broad SMARTS) is 1. The number of aromatic nitrogens is 1. The topological polar surface area (TPSA) is 79.3 Å². The van der Waals surface area contributed by atoms with E-state index < -0.39 is 5.97 Å². The van der Waals surface area contributed by atoms with Crippen LogP contribution in [0.15, 0.2) is 35.9 Å². The monoisotopic (exact) mass is 302 g/mol. The third kappa shape index (κ3) is 4.25. The molecule has 0 fully saturated rings. The molecule has 6 heteroatoms. The van der Waals surface area contributed by atoms with Crippen molar-refractivity contribution in [1.29, 1.82) is 0 Å². The van der Waals surface area contributed by atoms with Crippen molar-refractivity contribution < 1.29 is 14.7 Å². The second-order valence-corrected chi connectivity index (χ2v) is 5.28. The molecule has 2 N–H and O–H groups in total. The first kappa shape index (κ1) is 14.9. The Morgan fingerprint density at radius 3 is 2.86 bits per heavy atom. The Balaban J connectivity index is 2.02. The summed E-state index contributed by atoms with van der Waals surface area (Å²) in [6.45, 7) is 2.28. The first-order valence-electron chi connectivity index (χ1n) is 6.24. The molecule has 0 aliphatic rings. The Hall–Kier alpha value is -2.47. The van der Waals surface area contributed by atoms with Gasteiger partial charge < -0.3 is 10.4 Å². The highest BCUT2D eigenvalue weighted by Gasteiger charge is 2.11. The van der Waals surface area contributed by atoms with E-state index in [4.69, 9.17) is 5.11 Å². The number of carbonyl (C=O) groups is 2. The van der Waals surface area contributed by atoms with Gasteiger partial charge in [-0.25, -0.2) is 4.79 Å². The Morgan fingerprint density at radius 1 is 1.38 bits per heavy atom. The summed E-state index contributed by atoms with van der Waals surface area (Å²) in [7, 11) is 0. The number of rotatable bonds is 5. The first-order valence-corrected chi connectivity index (χ1v) is 7.12. The quantitative estimate of drug-likeness (QED) is 0.832. The molecule has 0 radical (unpaired) electrons. The predicted octanol–water partition coefficient (Wildman–Crippen LogP) is 2.48. The van der Waals surface area contributed by atoms with Gasteiger partial charge in [0.05, 0.1) is 4.88 Å². The SMILES string of the molecule is Cc1ccc(CNC(=O)c2sccc2C=CC(=O)O)cn1. The number of carbonyl (C=O) groups excluding carboxylic acids is 1. The fourth-order valence-electron chi connectivity index (χ4n) is 1.66. The van der Waals surface area contributed by atoms with Crippen molar-refractivity contribution in [3.8, 4) is 0 Å². The molecule has 2 heterocycles. The van der Waals surface area contributed by atoms with Gasteiger partial charge in [-0.15, -0.1) is 11.3 Å². The Bertz CT molecular complexity index is 674. The van der Waals surface area contributed by atoms with E-state index in [0.717, 1.165) is 17.3 Å². The van der Waals surface area contributed by atoms with Crippen molar-refractivity contribution in [1.82, 2.24) is 10.3 Å². The van der Waals surface area contributed by atoms with Crippen LogP contribution in [0.25, 0.3) is 6.08 Å². The van der Waals surface area contributed by atoms with E-state index in [-0.39, 0.29) is 5.91 Å². The molecule has 1 amide bonds. The molecule has 0 saturated heterocycles. The molecule has 0 spiro atoms. The van der Waals surface area contributed by atoms with Crippen molar-refractivity contribution in [2.24, 2.45) is 0 Å². The zero-order valence-electron chi connectivity index (χ0n) is 11.4. The zero-order valence-corrected chi connectivity index (χ0v) is 12.2. The lowest BCUT2D eigenvalue weighted by molar-refractivity contribution is -0.131. The molecule has 0 aromatic carbocycles. The molecule has 2 rings (SSSR count). The molecule has 0 aliphatic carbocycles. The lowest BCUT2D eigenvalue weighted by Gasteiger charge is -2.05. The largest absolute Gasteiger partial charge is 0.478 e. The normalized spacial score (nSPS) is 10.7. The van der Waals surface area contributed by atoms with E-state index in [1.807, 2.05) is 19.1 Å². The molecule has 0 saturated carbocycles. The average Bonchev–Trinajstić information content (AvgIpc) is 2.92. The van der Waals surface area contributed by atoms with E-state index in [2.05, 4.69) is 10.3 Å². The third-order valence-electron chi connectivity index (χ3n) is 2.73. The van der Waals surface area contributed by atoms with Crippen LogP contribution in [0, 0.1) is 6.92 Å². The molecule has 2 aromatic rings. The maximum atomic E-state index is 12.1. The Labute approximate surface area is 126 Å². The van der Waals surface area contributed by atoms with Crippen LogP contribution >= 0.6 is 11.3 Å². The third-order valence-corrected chi connectivity index (χ3v) is 3.66. The van der Waals surface area contributed by atoms with E-state index >= 15 is 0 Å². The zero-order chi connectivity index (χ0) is 15.2. The summed E-state index contributed by atoms with van der Waals surface area (Å²) in [6, 6.07) is 5.50. The van der Waals surface area contributed by atoms with Gasteiger partial charge in [0.15, 0.2) is 0 Å². The number of nitrogens with one attached hydrogen (secondary N) is 1. The number of pyridine rings is 1. The lowest BCUT2D eigenvalue weighted by atomic mass is 10.2. The Morgan fingerprint density at radius 2 is 2.19 bits per heavy atom. The fraction of sp³-hybridized carbons (Fsp3) is 0.133. The van der Waals surface area contributed by atoms with Crippen molar-refractivity contribution in [2.75, 3.05) is 0 Å². The Kier molecular flexibility index (Phi) is 4.84. The van der Waals surface area contributed by atoms with Gasteiger partial charge >= 0.3 is 5.97 Å². The molecule has 2 aromatic heterocycles. The minimum atomic E-state index is -1.04. The van der Waals surface area contributed by atoms with Crippen LogP contribution in [0.3, 0.4) is 0 Å². The van der Waals surface area contributed by atoms with Gasteiger partial charge in [-0.05, 0) is 41.6 Å². The van der Waals surface area contributed by atoms with Gasteiger partial charge in [0.1, 0.15) is 0 Å². The van der Waals surface area contributed by atoms with E-state index in [1.165, 1.54) is 17.4 Å². The van der Waals surface area contributed by atoms with Crippen molar-refractivity contribution in [3.05, 3.63) is 57.6 Å². The maximum absolute atomic E-state index is 12.1. The van der Waals surface area contributed by atoms with Crippen LogP contribution in [0.2, 0.25) is 0 Å². The van der Waals surface area contributed by atoms with Crippen molar-refractivity contribution >= 4 is 29.3 Å². The molecular weight excluding hydrogens is 288 g/mol. The van der Waals surface area contributed by atoms with Crippen LogP contribution in [0.4, 0.5) is 0 Å². The average molecular weight is 302 g/mol. The van der Waals surface area contributed by atoms with Gasteiger partial charge in [-0.2, -0.15) is 0 Å². The molecule has 108 valence electrons. The van der Waals surface area contributed by atoms with E-state index in [0.29, 0.717) is 17.0 Å². The number of aliphatic carboxylic acids is 1. The molecule has 0 aliphatic heterocycles. The van der Waals surface area contributed by atoms with Crippen molar-refractivity contribution in [3.63, 3.8) is 0 Å². The summed E-state index contributed by atoms with van der Waals surface area (Å²) >= 11 is 1.28. The summed E-state index contributed by atoms with van der Waals surface area (Å²) in [5.74, 6) is -1.27. The van der Waals surface area contributed by atoms with E-state index in [1.54, 1.807) is 17.6 Å². The number of amides is 1. The predicted molar refractivity (Wildman–Crippen MR) is 81.1 cm³/mol. The minimum absolute atomic E-state index is 0.226. The molecular formula is C15H14N2O3S. The van der Waals surface area contributed by atoms with Gasteiger partial charge in [0, 0.05) is 24.5 Å². The van der Waals surface area contributed by atoms with Crippen molar-refractivity contribution in [2.45, 2.75) is 13.5 Å². The van der Waals surface area contributed by atoms with Crippen LogP contribution in [0.1, 0.15) is 26.5 Å². The van der Waals surface area contributed by atoms with Crippen LogP contribution in [-0.4, -0.2) is 22.0 Å². The number of hydrogen-bond donors (Lipinski definition) is 2. The second-order valence-electron chi connectivity index (χ2n) is 4.37. The first-order chi connectivity index (χ1) is 10.1. The second kappa shape index (κ2) is 6.81. The summed E-state index contributed by atoms with van der Waals surface area (Å²) in [5.41, 5.74) is 2.43. The number of hydrogen-bond acceptors (Lipinski definition) is 4. The number of thiophene rings is 1. The van der Waals surface area contributed by atoms with Crippen LogP contribution < -0.4 is 5.32 Å². The van der Waals surface area contributed by atoms with Crippen LogP contribution in [-0.2, 0) is 11.3 Å². The summed E-state index contributed by atoms with van der Waals surface area (Å²) < 4.78 is 0. The van der Waals surface area contributed by atoms with Gasteiger partial charge in [-0.3, -0.25) is 9.78 Å². The summed E-state index contributed by atoms with van der Waals surface area (Å²) in [5, 5.41) is 13.2.